The summed E-state index contributed by atoms with van der Waals surface area (Å²) in [5, 5.41) is 4.81. The van der Waals surface area contributed by atoms with Gasteiger partial charge in [0.2, 0.25) is 0 Å². The molecule has 0 amide bonds. The zero-order valence-electron chi connectivity index (χ0n) is 8.17. The SMILES string of the molecule is CSSCCNP(=O)(CCBr)CCBr. The molecule has 0 aliphatic rings. The lowest BCUT2D eigenvalue weighted by Crippen LogP contribution is -2.19. The fourth-order valence-electron chi connectivity index (χ4n) is 0.917. The molecule has 0 heterocycles. The molecule has 0 aromatic heterocycles. The number of hydrogen-bond acceptors (Lipinski definition) is 3. The van der Waals surface area contributed by atoms with Crippen LogP contribution in [0.15, 0.2) is 0 Å². The number of rotatable bonds is 9. The fraction of sp³-hybridized carbons (Fsp3) is 1.00. The Hall–Kier alpha value is 1.85. The van der Waals surface area contributed by atoms with Crippen molar-refractivity contribution in [2.75, 3.05) is 41.5 Å². The van der Waals surface area contributed by atoms with Crippen LogP contribution >= 0.6 is 60.7 Å². The minimum atomic E-state index is -2.13. The molecule has 14 heavy (non-hydrogen) atoms. The predicted octanol–water partition coefficient (Wildman–Crippen LogP) is 3.66. The zero-order valence-corrected chi connectivity index (χ0v) is 13.9. The van der Waals surface area contributed by atoms with Crippen LogP contribution in [0.5, 0.6) is 0 Å². The van der Waals surface area contributed by atoms with E-state index in [0.29, 0.717) is 0 Å². The van der Waals surface area contributed by atoms with Crippen LogP contribution in [0, 0.1) is 0 Å². The molecule has 0 saturated carbocycles. The highest BCUT2D eigenvalue weighted by Crippen LogP contribution is 2.40. The normalized spacial score (nSPS) is 11.9. The molecule has 1 N–H and O–H groups in total. The first-order chi connectivity index (χ1) is 6.68. The van der Waals surface area contributed by atoms with Gasteiger partial charge in [-0.2, -0.15) is 0 Å². The number of alkyl halides is 2. The van der Waals surface area contributed by atoms with Crippen LogP contribution < -0.4 is 5.09 Å². The van der Waals surface area contributed by atoms with Crippen molar-refractivity contribution in [2.45, 2.75) is 0 Å². The van der Waals surface area contributed by atoms with Gasteiger partial charge in [-0.25, -0.2) is 0 Å². The van der Waals surface area contributed by atoms with E-state index in [1.165, 1.54) is 0 Å². The zero-order chi connectivity index (χ0) is 10.9. The van der Waals surface area contributed by atoms with E-state index in [9.17, 15) is 4.57 Å². The summed E-state index contributed by atoms with van der Waals surface area (Å²) in [5.41, 5.74) is 0. The molecule has 0 saturated heterocycles. The van der Waals surface area contributed by atoms with E-state index in [4.69, 9.17) is 0 Å². The topological polar surface area (TPSA) is 29.1 Å². The quantitative estimate of drug-likeness (QED) is 0.284. The lowest BCUT2D eigenvalue weighted by molar-refractivity contribution is 0.568. The van der Waals surface area contributed by atoms with Gasteiger partial charge < -0.3 is 4.57 Å². The number of nitrogens with one attached hydrogen (secondary N) is 1. The Morgan fingerprint density at radius 3 is 2.29 bits per heavy atom. The van der Waals surface area contributed by atoms with Crippen molar-refractivity contribution in [3.63, 3.8) is 0 Å². The van der Waals surface area contributed by atoms with Crippen molar-refractivity contribution >= 4 is 60.7 Å². The average Bonchev–Trinajstić information content (AvgIpc) is 2.13. The van der Waals surface area contributed by atoms with Gasteiger partial charge in [-0.1, -0.05) is 53.4 Å². The molecule has 0 radical (unpaired) electrons. The number of hydrogen-bond donors (Lipinski definition) is 1. The molecule has 0 fully saturated rings. The summed E-state index contributed by atoms with van der Waals surface area (Å²) < 4.78 is 12.2. The maximum absolute atomic E-state index is 12.2. The van der Waals surface area contributed by atoms with E-state index in [0.717, 1.165) is 35.3 Å². The summed E-state index contributed by atoms with van der Waals surface area (Å²) in [6, 6.07) is 0. The molecular formula is C7H16Br2NOPS2. The summed E-state index contributed by atoms with van der Waals surface area (Å²) in [7, 11) is 1.42. The molecule has 0 aliphatic carbocycles. The summed E-state index contributed by atoms with van der Waals surface area (Å²) in [6.45, 7) is 0.836. The van der Waals surface area contributed by atoms with E-state index in [1.54, 1.807) is 21.6 Å². The molecule has 2 nitrogen and oxygen atoms in total. The molecule has 0 spiro atoms. The van der Waals surface area contributed by atoms with Gasteiger partial charge in [-0.3, -0.25) is 5.09 Å². The maximum atomic E-state index is 12.2. The van der Waals surface area contributed by atoms with Gasteiger partial charge in [0.25, 0.3) is 0 Å². The Morgan fingerprint density at radius 2 is 1.86 bits per heavy atom. The largest absolute Gasteiger partial charge is 0.307 e. The van der Waals surface area contributed by atoms with Crippen LogP contribution in [-0.4, -0.2) is 41.5 Å². The van der Waals surface area contributed by atoms with Crippen LogP contribution in [0.3, 0.4) is 0 Å². The maximum Gasteiger partial charge on any atom is 0.149 e. The molecule has 0 rings (SSSR count). The van der Waals surface area contributed by atoms with E-state index in [1.807, 2.05) is 0 Å². The summed E-state index contributed by atoms with van der Waals surface area (Å²) in [6.07, 6.45) is 3.53. The summed E-state index contributed by atoms with van der Waals surface area (Å²) >= 11 is 6.68. The summed E-state index contributed by atoms with van der Waals surface area (Å²) in [4.78, 5) is 0. The van der Waals surface area contributed by atoms with Gasteiger partial charge in [0.1, 0.15) is 7.29 Å². The minimum Gasteiger partial charge on any atom is -0.307 e. The first kappa shape index (κ1) is 15.9. The monoisotopic (exact) mass is 383 g/mol. The van der Waals surface area contributed by atoms with Gasteiger partial charge in [-0.15, -0.1) is 0 Å². The van der Waals surface area contributed by atoms with Crippen molar-refractivity contribution in [3.05, 3.63) is 0 Å². The molecule has 0 aliphatic heterocycles. The third-order valence-electron chi connectivity index (χ3n) is 1.59. The highest BCUT2D eigenvalue weighted by atomic mass is 79.9. The van der Waals surface area contributed by atoms with E-state index in [2.05, 4.69) is 43.2 Å². The second kappa shape index (κ2) is 10.0. The van der Waals surface area contributed by atoms with Crippen LogP contribution in [0.2, 0.25) is 0 Å². The lowest BCUT2D eigenvalue weighted by Gasteiger charge is -2.17. The molecule has 0 aromatic rings. The highest BCUT2D eigenvalue weighted by Gasteiger charge is 2.18. The molecule has 0 aromatic carbocycles. The lowest BCUT2D eigenvalue weighted by atomic mass is 10.8. The fourth-order valence-corrected chi connectivity index (χ4v) is 7.21. The van der Waals surface area contributed by atoms with Crippen molar-refractivity contribution in [1.29, 1.82) is 0 Å². The first-order valence-corrected chi connectivity index (χ1v) is 11.3. The Bertz CT molecular complexity index is 175. The molecular weight excluding hydrogens is 369 g/mol. The van der Waals surface area contributed by atoms with Crippen molar-refractivity contribution in [2.24, 2.45) is 0 Å². The minimum absolute atomic E-state index is 0.739. The molecule has 86 valence electrons. The smallest absolute Gasteiger partial charge is 0.149 e. The highest BCUT2D eigenvalue weighted by molar-refractivity contribution is 9.09. The third kappa shape index (κ3) is 8.05. The second-order valence-electron chi connectivity index (χ2n) is 2.61. The van der Waals surface area contributed by atoms with Crippen LogP contribution in [0.25, 0.3) is 0 Å². The van der Waals surface area contributed by atoms with Gasteiger partial charge in [0.05, 0.1) is 0 Å². The van der Waals surface area contributed by atoms with Crippen LogP contribution in [-0.2, 0) is 4.57 Å². The van der Waals surface area contributed by atoms with E-state index < -0.39 is 7.29 Å². The van der Waals surface area contributed by atoms with Gasteiger partial charge in [-0.05, 0) is 6.26 Å². The Labute approximate surface area is 111 Å². The molecule has 0 unspecified atom stereocenters. The first-order valence-electron chi connectivity index (χ1n) is 4.29. The van der Waals surface area contributed by atoms with Crippen LogP contribution in [0.1, 0.15) is 0 Å². The van der Waals surface area contributed by atoms with Gasteiger partial charge >= 0.3 is 0 Å². The second-order valence-corrected chi connectivity index (χ2v) is 9.87. The third-order valence-corrected chi connectivity index (χ3v) is 8.12. The van der Waals surface area contributed by atoms with Gasteiger partial charge in [0, 0.05) is 35.3 Å². The Kier molecular flexibility index (Phi) is 11.4. The van der Waals surface area contributed by atoms with Crippen molar-refractivity contribution in [1.82, 2.24) is 5.09 Å². The van der Waals surface area contributed by atoms with Crippen molar-refractivity contribution < 1.29 is 4.57 Å². The van der Waals surface area contributed by atoms with E-state index >= 15 is 0 Å². The van der Waals surface area contributed by atoms with Crippen LogP contribution in [0.4, 0.5) is 0 Å². The standard InChI is InChI=1S/C7H16Br2NOPS2/c1-13-14-7-4-10-12(11,5-2-8)6-3-9/h2-7H2,1H3,(H,10,11). The Balaban J connectivity index is 3.78. The predicted molar refractivity (Wildman–Crippen MR) is 78.9 cm³/mol. The molecule has 0 atom stereocenters. The van der Waals surface area contributed by atoms with Gasteiger partial charge in [0.15, 0.2) is 0 Å². The van der Waals surface area contributed by atoms with Crippen molar-refractivity contribution in [3.8, 4) is 0 Å². The number of halogens is 2. The van der Waals surface area contributed by atoms with E-state index in [-0.39, 0.29) is 0 Å². The Morgan fingerprint density at radius 1 is 1.29 bits per heavy atom. The molecule has 0 bridgehead atoms. The molecule has 7 heteroatoms. The average molecular weight is 385 g/mol. The summed E-state index contributed by atoms with van der Waals surface area (Å²) in [5.74, 6) is 1.01.